The van der Waals surface area contributed by atoms with Crippen molar-refractivity contribution < 1.29 is 14.7 Å². The number of benzene rings is 2. The van der Waals surface area contributed by atoms with E-state index in [1.54, 1.807) is 18.2 Å². The lowest BCUT2D eigenvalue weighted by Gasteiger charge is -2.13. The Balaban J connectivity index is 2.17. The predicted octanol–water partition coefficient (Wildman–Crippen LogP) is 3.87. The number of amides is 1. The minimum absolute atomic E-state index is 0.113. The summed E-state index contributed by atoms with van der Waals surface area (Å²) < 4.78 is 0. The van der Waals surface area contributed by atoms with Crippen molar-refractivity contribution in [3.8, 4) is 0 Å². The molecular formula is C16H13Cl2NO3. The van der Waals surface area contributed by atoms with Crippen molar-refractivity contribution in [3.05, 3.63) is 63.6 Å². The van der Waals surface area contributed by atoms with Crippen molar-refractivity contribution in [3.63, 3.8) is 0 Å². The molecule has 1 unspecified atom stereocenters. The number of aliphatic hydroxyl groups excluding tert-OH is 1. The number of rotatable bonds is 4. The van der Waals surface area contributed by atoms with Crippen LogP contribution in [0.15, 0.2) is 42.5 Å². The second kappa shape index (κ2) is 6.92. The Morgan fingerprint density at radius 3 is 2.32 bits per heavy atom. The van der Waals surface area contributed by atoms with E-state index < -0.39 is 12.0 Å². The van der Waals surface area contributed by atoms with Gasteiger partial charge in [0.25, 0.3) is 5.91 Å². The third-order valence-corrected chi connectivity index (χ3v) is 3.42. The predicted molar refractivity (Wildman–Crippen MR) is 86.5 cm³/mol. The summed E-state index contributed by atoms with van der Waals surface area (Å²) in [6.07, 6.45) is -1.42. The maximum Gasteiger partial charge on any atom is 0.257 e. The number of carbonyl (C=O) groups excluding carboxylic acids is 2. The largest absolute Gasteiger partial charge is 0.378 e. The van der Waals surface area contributed by atoms with Crippen molar-refractivity contribution in [1.82, 2.24) is 0 Å². The summed E-state index contributed by atoms with van der Waals surface area (Å²) in [7, 11) is 0. The first-order valence-corrected chi connectivity index (χ1v) is 7.18. The summed E-state index contributed by atoms with van der Waals surface area (Å²) >= 11 is 11.7. The molecule has 0 radical (unpaired) electrons. The van der Waals surface area contributed by atoms with E-state index in [1.165, 1.54) is 31.2 Å². The van der Waals surface area contributed by atoms with Gasteiger partial charge in [0.2, 0.25) is 0 Å². The molecular weight excluding hydrogens is 325 g/mol. The fourth-order valence-corrected chi connectivity index (χ4v) is 2.45. The highest BCUT2D eigenvalue weighted by Gasteiger charge is 2.18. The standard InChI is InChI=1S/C16H13Cl2NO3/c1-9(20)10-3-2-4-14(7-10)19-16(22)15(21)11-5-12(17)8-13(18)6-11/h2-8,15,21H,1H3,(H,19,22). The summed E-state index contributed by atoms with van der Waals surface area (Å²) in [4.78, 5) is 23.4. The molecule has 0 aliphatic heterocycles. The third kappa shape index (κ3) is 4.07. The van der Waals surface area contributed by atoms with Crippen LogP contribution in [0, 0.1) is 0 Å². The second-order valence-electron chi connectivity index (χ2n) is 4.73. The van der Waals surface area contributed by atoms with Crippen LogP contribution in [0.3, 0.4) is 0 Å². The van der Waals surface area contributed by atoms with Gasteiger partial charge in [-0.15, -0.1) is 0 Å². The molecule has 2 aromatic carbocycles. The minimum atomic E-state index is -1.42. The molecule has 4 nitrogen and oxygen atoms in total. The van der Waals surface area contributed by atoms with Gasteiger partial charge in [0, 0.05) is 21.3 Å². The van der Waals surface area contributed by atoms with Crippen molar-refractivity contribution >= 4 is 40.6 Å². The molecule has 2 rings (SSSR count). The van der Waals surface area contributed by atoms with Crippen LogP contribution in [0.5, 0.6) is 0 Å². The minimum Gasteiger partial charge on any atom is -0.378 e. The third-order valence-electron chi connectivity index (χ3n) is 2.99. The number of Topliss-reactive ketones (excluding diaryl/α,β-unsaturated/α-hetero) is 1. The quantitative estimate of drug-likeness (QED) is 0.832. The van der Waals surface area contributed by atoms with Crippen LogP contribution in [-0.4, -0.2) is 16.8 Å². The number of carbonyl (C=O) groups is 2. The zero-order valence-electron chi connectivity index (χ0n) is 11.6. The number of anilines is 1. The molecule has 0 aliphatic rings. The maximum atomic E-state index is 12.1. The fourth-order valence-electron chi connectivity index (χ4n) is 1.91. The molecule has 0 bridgehead atoms. The lowest BCUT2D eigenvalue weighted by molar-refractivity contribution is -0.124. The highest BCUT2D eigenvalue weighted by Crippen LogP contribution is 2.24. The van der Waals surface area contributed by atoms with E-state index in [0.29, 0.717) is 21.3 Å². The molecule has 22 heavy (non-hydrogen) atoms. The first-order valence-electron chi connectivity index (χ1n) is 6.43. The smallest absolute Gasteiger partial charge is 0.257 e. The molecule has 0 aliphatic carbocycles. The molecule has 2 N–H and O–H groups in total. The molecule has 2 aromatic rings. The van der Waals surface area contributed by atoms with Crippen molar-refractivity contribution in [1.29, 1.82) is 0 Å². The molecule has 0 saturated heterocycles. The Kier molecular flexibility index (Phi) is 5.19. The Bertz CT molecular complexity index is 711. The average molecular weight is 338 g/mol. The van der Waals surface area contributed by atoms with Gasteiger partial charge in [-0.1, -0.05) is 35.3 Å². The van der Waals surface area contributed by atoms with Gasteiger partial charge in [-0.3, -0.25) is 9.59 Å². The van der Waals surface area contributed by atoms with Gasteiger partial charge in [0.1, 0.15) is 0 Å². The Labute approximate surface area is 137 Å². The van der Waals surface area contributed by atoms with Crippen LogP contribution in [0.4, 0.5) is 5.69 Å². The number of aliphatic hydroxyl groups is 1. The monoisotopic (exact) mass is 337 g/mol. The van der Waals surface area contributed by atoms with E-state index in [-0.39, 0.29) is 11.3 Å². The zero-order chi connectivity index (χ0) is 16.3. The second-order valence-corrected chi connectivity index (χ2v) is 5.60. The molecule has 0 spiro atoms. The number of nitrogens with one attached hydrogen (secondary N) is 1. The van der Waals surface area contributed by atoms with Gasteiger partial charge in [-0.25, -0.2) is 0 Å². The first kappa shape index (κ1) is 16.5. The summed E-state index contributed by atoms with van der Waals surface area (Å²) in [6, 6.07) is 10.9. The van der Waals surface area contributed by atoms with Crippen LogP contribution >= 0.6 is 23.2 Å². The van der Waals surface area contributed by atoms with E-state index in [4.69, 9.17) is 23.2 Å². The van der Waals surface area contributed by atoms with Crippen LogP contribution in [-0.2, 0) is 4.79 Å². The van der Waals surface area contributed by atoms with E-state index in [0.717, 1.165) is 0 Å². The number of hydrogen-bond donors (Lipinski definition) is 2. The molecule has 114 valence electrons. The number of halogens is 2. The molecule has 0 aromatic heterocycles. The van der Waals surface area contributed by atoms with Crippen molar-refractivity contribution in [2.24, 2.45) is 0 Å². The summed E-state index contributed by atoms with van der Waals surface area (Å²) in [5.74, 6) is -0.752. The van der Waals surface area contributed by atoms with Crippen LogP contribution in [0.2, 0.25) is 10.0 Å². The molecule has 1 amide bonds. The molecule has 6 heteroatoms. The normalized spacial score (nSPS) is 11.8. The van der Waals surface area contributed by atoms with E-state index in [1.807, 2.05) is 0 Å². The lowest BCUT2D eigenvalue weighted by atomic mass is 10.1. The zero-order valence-corrected chi connectivity index (χ0v) is 13.2. The van der Waals surface area contributed by atoms with E-state index >= 15 is 0 Å². The number of hydrogen-bond acceptors (Lipinski definition) is 3. The van der Waals surface area contributed by atoms with Gasteiger partial charge >= 0.3 is 0 Å². The lowest BCUT2D eigenvalue weighted by Crippen LogP contribution is -2.21. The highest BCUT2D eigenvalue weighted by atomic mass is 35.5. The van der Waals surface area contributed by atoms with Crippen LogP contribution < -0.4 is 5.32 Å². The van der Waals surface area contributed by atoms with Gasteiger partial charge in [0.05, 0.1) is 0 Å². The molecule has 0 heterocycles. The summed E-state index contributed by atoms with van der Waals surface area (Å²) in [5, 5.41) is 13.3. The Morgan fingerprint density at radius 1 is 1.09 bits per heavy atom. The maximum absolute atomic E-state index is 12.1. The van der Waals surface area contributed by atoms with Gasteiger partial charge < -0.3 is 10.4 Å². The summed E-state index contributed by atoms with van der Waals surface area (Å²) in [6.45, 7) is 1.43. The van der Waals surface area contributed by atoms with Crippen molar-refractivity contribution in [2.45, 2.75) is 13.0 Å². The molecule has 0 saturated carbocycles. The average Bonchev–Trinajstić information content (AvgIpc) is 2.45. The molecule has 1 atom stereocenters. The summed E-state index contributed by atoms with van der Waals surface area (Å²) in [5.41, 5.74) is 1.18. The number of ketones is 1. The Morgan fingerprint density at radius 2 is 1.73 bits per heavy atom. The van der Waals surface area contributed by atoms with E-state index in [9.17, 15) is 14.7 Å². The highest BCUT2D eigenvalue weighted by molar-refractivity contribution is 6.34. The first-order chi connectivity index (χ1) is 10.4. The van der Waals surface area contributed by atoms with Gasteiger partial charge in [-0.05, 0) is 42.8 Å². The molecule has 0 fully saturated rings. The van der Waals surface area contributed by atoms with E-state index in [2.05, 4.69) is 5.32 Å². The Hall–Kier alpha value is -1.88. The topological polar surface area (TPSA) is 66.4 Å². The van der Waals surface area contributed by atoms with Gasteiger partial charge in [-0.2, -0.15) is 0 Å². The fraction of sp³-hybridized carbons (Fsp3) is 0.125. The van der Waals surface area contributed by atoms with Crippen LogP contribution in [0.1, 0.15) is 28.9 Å². The van der Waals surface area contributed by atoms with Gasteiger partial charge in [0.15, 0.2) is 11.9 Å². The van der Waals surface area contributed by atoms with Crippen LogP contribution in [0.25, 0.3) is 0 Å². The van der Waals surface area contributed by atoms with Crippen molar-refractivity contribution in [2.75, 3.05) is 5.32 Å². The SMILES string of the molecule is CC(=O)c1cccc(NC(=O)C(O)c2cc(Cl)cc(Cl)c2)c1.